The largest absolute Gasteiger partial charge is 0.357 e. The molecule has 0 bridgehead atoms. The van der Waals surface area contributed by atoms with Crippen molar-refractivity contribution < 1.29 is 9.00 Å². The maximum absolute atomic E-state index is 13.6. The molecule has 2 amide bonds. The van der Waals surface area contributed by atoms with Gasteiger partial charge in [0.05, 0.1) is 10.6 Å². The molecule has 33 heavy (non-hydrogen) atoms. The summed E-state index contributed by atoms with van der Waals surface area (Å²) in [7, 11) is 0.643. The van der Waals surface area contributed by atoms with Crippen LogP contribution in [0.4, 0.5) is 10.5 Å². The molecular weight excluding hydrogens is 434 g/mol. The average Bonchev–Trinajstić information content (AvgIpc) is 3.25. The van der Waals surface area contributed by atoms with Crippen LogP contribution >= 0.6 is 0 Å². The van der Waals surface area contributed by atoms with Gasteiger partial charge in [0.2, 0.25) is 0 Å². The van der Waals surface area contributed by atoms with Crippen LogP contribution in [-0.2, 0) is 42.1 Å². The first kappa shape index (κ1) is 22.5. The Balaban J connectivity index is 1.51. The molecule has 176 valence electrons. The van der Waals surface area contributed by atoms with E-state index in [-0.39, 0.29) is 0 Å². The van der Waals surface area contributed by atoms with Gasteiger partial charge in [0.15, 0.2) is 0 Å². The third-order valence-corrected chi connectivity index (χ3v) is 8.21. The van der Waals surface area contributed by atoms with E-state index in [2.05, 4.69) is 9.26 Å². The van der Waals surface area contributed by atoms with E-state index in [4.69, 9.17) is 10.1 Å². The number of hydrogen-bond donors (Lipinski definition) is 1. The van der Waals surface area contributed by atoms with Crippen molar-refractivity contribution in [2.24, 2.45) is 15.4 Å². The van der Waals surface area contributed by atoms with E-state index in [9.17, 15) is 9.00 Å². The van der Waals surface area contributed by atoms with Crippen molar-refractivity contribution >= 4 is 21.6 Å². The standard InChI is InChI=1S/C25H33N5O2S/c1-29(2)15-17-11-13-19(14-12-17)33(26,32)28-25(31)30(16-18-9-10-18)24-20-5-3-7-22(20)27-23-8-4-6-21(23)24/h11-14,18H,3-10,15-16H2,1-2H3,(H2,26,28,31,32). The fraction of sp³-hybridized carbons (Fsp3) is 0.520. The number of urea groups is 1. The fourth-order valence-electron chi connectivity index (χ4n) is 5.08. The highest BCUT2D eigenvalue weighted by molar-refractivity contribution is 7.91. The molecule has 1 unspecified atom stereocenters. The lowest BCUT2D eigenvalue weighted by Gasteiger charge is -2.26. The normalized spacial score (nSPS) is 18.7. The molecule has 3 aliphatic rings. The van der Waals surface area contributed by atoms with E-state index in [1.54, 1.807) is 17.0 Å². The van der Waals surface area contributed by atoms with Gasteiger partial charge in [-0.25, -0.2) is 14.1 Å². The fourth-order valence-corrected chi connectivity index (χ4v) is 6.04. The van der Waals surface area contributed by atoms with Crippen LogP contribution < -0.4 is 10.0 Å². The van der Waals surface area contributed by atoms with Crippen LogP contribution in [-0.4, -0.2) is 40.8 Å². The topological polar surface area (TPSA) is 91.9 Å². The minimum absolute atomic E-state index is 0.384. The molecule has 1 aromatic carbocycles. The van der Waals surface area contributed by atoms with E-state index in [1.165, 1.54) is 11.1 Å². The average molecular weight is 468 g/mol. The van der Waals surface area contributed by atoms with Crippen molar-refractivity contribution in [3.8, 4) is 0 Å². The lowest BCUT2D eigenvalue weighted by atomic mass is 10.0. The molecular formula is C25H33N5O2S. The first-order chi connectivity index (χ1) is 15.8. The minimum atomic E-state index is -3.35. The molecule has 8 heteroatoms. The molecule has 1 fully saturated rings. The first-order valence-electron chi connectivity index (χ1n) is 12.0. The van der Waals surface area contributed by atoms with Gasteiger partial charge in [-0.3, -0.25) is 9.88 Å². The predicted molar refractivity (Wildman–Crippen MR) is 131 cm³/mol. The highest BCUT2D eigenvalue weighted by atomic mass is 32.2. The molecule has 2 N–H and O–H groups in total. The number of anilines is 1. The Hall–Kier alpha value is -2.29. The number of aryl methyl sites for hydroxylation is 2. The number of aromatic nitrogens is 1. The number of nitrogens with zero attached hydrogens (tertiary/aromatic N) is 4. The maximum Gasteiger partial charge on any atom is 0.357 e. The van der Waals surface area contributed by atoms with Gasteiger partial charge >= 0.3 is 6.03 Å². The molecule has 0 spiro atoms. The van der Waals surface area contributed by atoms with Crippen LogP contribution in [0.2, 0.25) is 0 Å². The third-order valence-electron chi connectivity index (χ3n) is 6.83. The Morgan fingerprint density at radius 1 is 1.06 bits per heavy atom. The quantitative estimate of drug-likeness (QED) is 0.698. The molecule has 1 atom stereocenters. The zero-order valence-corrected chi connectivity index (χ0v) is 20.4. The van der Waals surface area contributed by atoms with E-state index in [0.29, 0.717) is 17.4 Å². The van der Waals surface area contributed by atoms with Crippen LogP contribution in [0.5, 0.6) is 0 Å². The van der Waals surface area contributed by atoms with Crippen LogP contribution in [0.15, 0.2) is 33.5 Å². The highest BCUT2D eigenvalue weighted by Crippen LogP contribution is 2.41. The van der Waals surface area contributed by atoms with Crippen molar-refractivity contribution in [3.63, 3.8) is 0 Å². The summed E-state index contributed by atoms with van der Waals surface area (Å²) in [5.74, 6) is 0.477. The van der Waals surface area contributed by atoms with Gasteiger partial charge in [-0.05, 0) is 100 Å². The number of hydrogen-bond acceptors (Lipinski definition) is 4. The lowest BCUT2D eigenvalue weighted by Crippen LogP contribution is -2.34. The van der Waals surface area contributed by atoms with Crippen molar-refractivity contribution in [1.29, 1.82) is 0 Å². The van der Waals surface area contributed by atoms with Crippen LogP contribution in [0.1, 0.15) is 53.8 Å². The molecule has 5 rings (SSSR count). The second kappa shape index (κ2) is 8.81. The summed E-state index contributed by atoms with van der Waals surface area (Å²) in [5.41, 5.74) is 6.73. The van der Waals surface area contributed by atoms with Crippen LogP contribution in [0.25, 0.3) is 0 Å². The number of rotatable bonds is 6. The van der Waals surface area contributed by atoms with Crippen molar-refractivity contribution in [2.45, 2.75) is 62.8 Å². The Morgan fingerprint density at radius 2 is 1.67 bits per heavy atom. The van der Waals surface area contributed by atoms with E-state index < -0.39 is 15.9 Å². The van der Waals surface area contributed by atoms with Gasteiger partial charge in [0.1, 0.15) is 9.92 Å². The summed E-state index contributed by atoms with van der Waals surface area (Å²) in [5, 5.41) is 6.17. The molecule has 0 saturated heterocycles. The van der Waals surface area contributed by atoms with Gasteiger partial charge in [-0.1, -0.05) is 12.1 Å². The van der Waals surface area contributed by atoms with Gasteiger partial charge in [-0.2, -0.15) is 0 Å². The number of amides is 2. The Morgan fingerprint density at radius 3 is 2.21 bits per heavy atom. The SMILES string of the molecule is CN(C)Cc1ccc(S(N)(=O)=NC(=O)N(CC2CC2)c2c3c(nc4c2CCC4)CCC3)cc1. The first-order valence-corrected chi connectivity index (χ1v) is 13.5. The molecule has 0 radical (unpaired) electrons. The van der Waals surface area contributed by atoms with Crippen LogP contribution in [0, 0.1) is 5.92 Å². The summed E-state index contributed by atoms with van der Waals surface area (Å²) in [4.78, 5) is 22.7. The second-order valence-corrected chi connectivity index (χ2v) is 11.7. The summed E-state index contributed by atoms with van der Waals surface area (Å²) in [6.07, 6.45) is 8.16. The van der Waals surface area contributed by atoms with Gasteiger partial charge in [-0.15, -0.1) is 4.36 Å². The summed E-state index contributed by atoms with van der Waals surface area (Å²) < 4.78 is 17.5. The van der Waals surface area contributed by atoms with Crippen LogP contribution in [0.3, 0.4) is 0 Å². The Bertz CT molecular complexity index is 1160. The minimum Gasteiger partial charge on any atom is -0.305 e. The van der Waals surface area contributed by atoms with E-state index in [0.717, 1.165) is 80.6 Å². The zero-order valence-electron chi connectivity index (χ0n) is 19.5. The lowest BCUT2D eigenvalue weighted by molar-refractivity contribution is 0.254. The monoisotopic (exact) mass is 467 g/mol. The molecule has 7 nitrogen and oxygen atoms in total. The van der Waals surface area contributed by atoms with Crippen molar-refractivity contribution in [1.82, 2.24) is 9.88 Å². The van der Waals surface area contributed by atoms with Crippen molar-refractivity contribution in [2.75, 3.05) is 25.5 Å². The summed E-state index contributed by atoms with van der Waals surface area (Å²) in [6, 6.07) is 6.76. The molecule has 0 aliphatic heterocycles. The molecule has 1 aromatic heterocycles. The van der Waals surface area contributed by atoms with Gasteiger partial charge < -0.3 is 4.90 Å². The highest BCUT2D eigenvalue weighted by Gasteiger charge is 2.35. The third kappa shape index (κ3) is 4.69. The van der Waals surface area contributed by atoms with E-state index >= 15 is 0 Å². The second-order valence-electron chi connectivity index (χ2n) is 9.90. The number of nitrogens with two attached hydrogens (primary N) is 1. The Labute approximate surface area is 196 Å². The number of carbonyl (C=O) groups excluding carboxylic acids is 1. The molecule has 3 aliphatic carbocycles. The number of carbonyl (C=O) groups is 1. The summed E-state index contributed by atoms with van der Waals surface area (Å²) in [6.45, 7) is 1.39. The zero-order chi connectivity index (χ0) is 23.2. The number of benzene rings is 1. The maximum atomic E-state index is 13.6. The Kier molecular flexibility index (Phi) is 6.01. The van der Waals surface area contributed by atoms with Gasteiger partial charge in [0.25, 0.3) is 0 Å². The van der Waals surface area contributed by atoms with E-state index in [1.807, 2.05) is 26.2 Å². The predicted octanol–water partition coefficient (Wildman–Crippen LogP) is 3.86. The van der Waals surface area contributed by atoms with Crippen molar-refractivity contribution in [3.05, 3.63) is 52.3 Å². The molecule has 2 aromatic rings. The van der Waals surface area contributed by atoms with Gasteiger partial charge in [0, 0.05) is 24.5 Å². The number of pyridine rings is 1. The molecule has 1 saturated carbocycles. The molecule has 1 heterocycles. The smallest absolute Gasteiger partial charge is 0.305 e. The summed E-state index contributed by atoms with van der Waals surface area (Å²) >= 11 is 0. The number of fused-ring (bicyclic) bond motifs is 2.